The highest BCUT2D eigenvalue weighted by Gasteiger charge is 2.20. The van der Waals surface area contributed by atoms with Crippen molar-refractivity contribution in [1.82, 2.24) is 4.98 Å². The first-order valence-electron chi connectivity index (χ1n) is 8.60. The van der Waals surface area contributed by atoms with Crippen LogP contribution < -0.4 is 10.1 Å². The van der Waals surface area contributed by atoms with Crippen molar-refractivity contribution in [3.8, 4) is 5.75 Å². The van der Waals surface area contributed by atoms with Gasteiger partial charge in [-0.15, -0.1) is 0 Å². The van der Waals surface area contributed by atoms with Crippen LogP contribution in [-0.4, -0.2) is 24.7 Å². The summed E-state index contributed by atoms with van der Waals surface area (Å²) in [5, 5.41) is 4.28. The molecule has 1 heterocycles. The number of aromatic nitrogens is 1. The number of methoxy groups -OCH3 is 1. The summed E-state index contributed by atoms with van der Waals surface area (Å²) < 4.78 is 10.6. The van der Waals surface area contributed by atoms with Crippen molar-refractivity contribution in [2.45, 2.75) is 19.9 Å². The molecule has 0 spiro atoms. The topological polar surface area (TPSA) is 60.5 Å². The molecule has 1 atom stereocenters. The van der Waals surface area contributed by atoms with Gasteiger partial charge in [0.05, 0.1) is 19.4 Å². The number of benzene rings is 2. The molecule has 2 aromatic carbocycles. The van der Waals surface area contributed by atoms with Crippen molar-refractivity contribution in [3.63, 3.8) is 0 Å². The largest absolute Gasteiger partial charge is 0.494 e. The number of hydrogen-bond donors (Lipinski definition) is 1. The minimum Gasteiger partial charge on any atom is -0.494 e. The molecule has 5 nitrogen and oxygen atoms in total. The first-order chi connectivity index (χ1) is 12.7. The Morgan fingerprint density at radius 3 is 2.62 bits per heavy atom. The zero-order chi connectivity index (χ0) is 18.5. The van der Waals surface area contributed by atoms with E-state index in [-0.39, 0.29) is 6.04 Å². The Balaban J connectivity index is 2.12. The second kappa shape index (κ2) is 7.87. The third-order valence-corrected chi connectivity index (χ3v) is 4.24. The fraction of sp³-hybridized carbons (Fsp3) is 0.238. The number of nitrogens with one attached hydrogen (secondary N) is 1. The molecule has 0 saturated carbocycles. The lowest BCUT2D eigenvalue weighted by Crippen LogP contribution is -2.14. The average Bonchev–Trinajstić information content (AvgIpc) is 2.68. The number of para-hydroxylation sites is 1. The number of ether oxygens (including phenoxy) is 2. The van der Waals surface area contributed by atoms with Crippen LogP contribution in [0.3, 0.4) is 0 Å². The first-order valence-corrected chi connectivity index (χ1v) is 8.60. The molecule has 1 N–H and O–H groups in total. The predicted octanol–water partition coefficient (Wildman–Crippen LogP) is 4.59. The minimum atomic E-state index is -0.396. The van der Waals surface area contributed by atoms with Crippen LogP contribution in [0.25, 0.3) is 10.9 Å². The van der Waals surface area contributed by atoms with Crippen LogP contribution in [0.2, 0.25) is 0 Å². The quantitative estimate of drug-likeness (QED) is 0.659. The molecule has 0 unspecified atom stereocenters. The molecule has 0 bridgehead atoms. The van der Waals surface area contributed by atoms with Gasteiger partial charge in [-0.1, -0.05) is 42.5 Å². The highest BCUT2D eigenvalue weighted by Crippen LogP contribution is 2.34. The number of carbonyl (C=O) groups excluding carboxylic acids is 1. The molecular formula is C21H22N2O3. The summed E-state index contributed by atoms with van der Waals surface area (Å²) in [6.07, 6.45) is 1.54. The van der Waals surface area contributed by atoms with Crippen LogP contribution in [0.4, 0.5) is 5.69 Å². The van der Waals surface area contributed by atoms with E-state index < -0.39 is 5.97 Å². The Morgan fingerprint density at radius 2 is 1.92 bits per heavy atom. The van der Waals surface area contributed by atoms with Gasteiger partial charge in [-0.3, -0.25) is 4.98 Å². The van der Waals surface area contributed by atoms with Crippen molar-refractivity contribution in [2.75, 3.05) is 19.0 Å². The van der Waals surface area contributed by atoms with E-state index in [1.807, 2.05) is 48.5 Å². The fourth-order valence-corrected chi connectivity index (χ4v) is 2.92. The van der Waals surface area contributed by atoms with E-state index in [0.717, 1.165) is 10.9 Å². The summed E-state index contributed by atoms with van der Waals surface area (Å²) >= 11 is 0. The van der Waals surface area contributed by atoms with Crippen molar-refractivity contribution >= 4 is 22.6 Å². The van der Waals surface area contributed by atoms with Crippen LogP contribution in [-0.2, 0) is 4.74 Å². The summed E-state index contributed by atoms with van der Waals surface area (Å²) in [5.41, 5.74) is 2.93. The van der Waals surface area contributed by atoms with Gasteiger partial charge in [0, 0.05) is 17.6 Å². The number of anilines is 1. The van der Waals surface area contributed by atoms with Crippen LogP contribution in [0.15, 0.2) is 54.7 Å². The van der Waals surface area contributed by atoms with Gasteiger partial charge in [0.1, 0.15) is 16.8 Å². The number of nitrogens with zero attached hydrogens (tertiary/aromatic N) is 1. The van der Waals surface area contributed by atoms with Crippen LogP contribution in [0.5, 0.6) is 5.75 Å². The van der Waals surface area contributed by atoms with Gasteiger partial charge in [0.15, 0.2) is 0 Å². The number of carbonyl (C=O) groups is 1. The van der Waals surface area contributed by atoms with Crippen molar-refractivity contribution in [2.24, 2.45) is 0 Å². The maximum Gasteiger partial charge on any atom is 0.341 e. The van der Waals surface area contributed by atoms with Crippen molar-refractivity contribution in [1.29, 1.82) is 0 Å². The Hall–Kier alpha value is -3.08. The highest BCUT2D eigenvalue weighted by atomic mass is 16.5. The third-order valence-electron chi connectivity index (χ3n) is 4.24. The molecule has 1 aromatic heterocycles. The molecule has 5 heteroatoms. The Morgan fingerprint density at radius 1 is 1.15 bits per heavy atom. The molecule has 0 amide bonds. The van der Waals surface area contributed by atoms with Gasteiger partial charge in [-0.25, -0.2) is 4.79 Å². The number of rotatable bonds is 6. The average molecular weight is 350 g/mol. The summed E-state index contributed by atoms with van der Waals surface area (Å²) in [6, 6.07) is 15.7. The Labute approximate surface area is 153 Å². The summed E-state index contributed by atoms with van der Waals surface area (Å²) in [4.78, 5) is 16.9. The molecule has 0 aliphatic heterocycles. The van der Waals surface area contributed by atoms with E-state index in [4.69, 9.17) is 9.47 Å². The van der Waals surface area contributed by atoms with E-state index >= 15 is 0 Å². The Kier molecular flexibility index (Phi) is 5.37. The summed E-state index contributed by atoms with van der Waals surface area (Å²) in [7, 11) is 1.61. The number of fused-ring (bicyclic) bond motifs is 1. The van der Waals surface area contributed by atoms with Gasteiger partial charge in [0.2, 0.25) is 0 Å². The van der Waals surface area contributed by atoms with Crippen LogP contribution >= 0.6 is 0 Å². The zero-order valence-electron chi connectivity index (χ0n) is 15.2. The van der Waals surface area contributed by atoms with Crippen molar-refractivity contribution in [3.05, 3.63) is 65.9 Å². The lowest BCUT2D eigenvalue weighted by atomic mass is 10.0. The van der Waals surface area contributed by atoms with Crippen LogP contribution in [0.1, 0.15) is 35.8 Å². The maximum atomic E-state index is 12.4. The van der Waals surface area contributed by atoms with Gasteiger partial charge < -0.3 is 14.8 Å². The second-order valence-electron chi connectivity index (χ2n) is 5.90. The Bertz CT molecular complexity index is 910. The predicted molar refractivity (Wildman–Crippen MR) is 103 cm³/mol. The minimum absolute atomic E-state index is 0.00109. The van der Waals surface area contributed by atoms with Gasteiger partial charge in [-0.05, 0) is 25.5 Å². The van der Waals surface area contributed by atoms with E-state index in [0.29, 0.717) is 29.1 Å². The molecule has 0 aliphatic carbocycles. The molecule has 0 aliphatic rings. The van der Waals surface area contributed by atoms with E-state index in [1.165, 1.54) is 0 Å². The third kappa shape index (κ3) is 3.47. The van der Waals surface area contributed by atoms with E-state index in [9.17, 15) is 4.79 Å². The van der Waals surface area contributed by atoms with E-state index in [1.54, 1.807) is 20.2 Å². The van der Waals surface area contributed by atoms with Gasteiger partial charge in [0.25, 0.3) is 0 Å². The lowest BCUT2D eigenvalue weighted by Gasteiger charge is -2.20. The van der Waals surface area contributed by atoms with Crippen molar-refractivity contribution < 1.29 is 14.3 Å². The SMILES string of the molecule is CCOC(=O)c1cnc2c(OC)cccc2c1N[C@@H](C)c1ccccc1. The summed E-state index contributed by atoms with van der Waals surface area (Å²) in [5.74, 6) is 0.265. The lowest BCUT2D eigenvalue weighted by molar-refractivity contribution is 0.0527. The number of esters is 1. The maximum absolute atomic E-state index is 12.4. The van der Waals surface area contributed by atoms with Gasteiger partial charge >= 0.3 is 5.97 Å². The molecule has 0 radical (unpaired) electrons. The smallest absolute Gasteiger partial charge is 0.341 e. The van der Waals surface area contributed by atoms with E-state index in [2.05, 4.69) is 17.2 Å². The van der Waals surface area contributed by atoms with Gasteiger partial charge in [-0.2, -0.15) is 0 Å². The monoisotopic (exact) mass is 350 g/mol. The van der Waals surface area contributed by atoms with Crippen LogP contribution in [0, 0.1) is 0 Å². The molecule has 3 rings (SSSR count). The molecule has 26 heavy (non-hydrogen) atoms. The first kappa shape index (κ1) is 17.7. The standard InChI is InChI=1S/C21H22N2O3/c1-4-26-21(24)17-13-22-20-16(11-8-12-18(20)25-3)19(17)23-14(2)15-9-6-5-7-10-15/h5-14H,4H2,1-3H3,(H,22,23)/t14-/m0/s1. The molecule has 3 aromatic rings. The second-order valence-corrected chi connectivity index (χ2v) is 5.90. The molecular weight excluding hydrogens is 328 g/mol. The molecule has 0 saturated heterocycles. The normalized spacial score (nSPS) is 11.8. The fourth-order valence-electron chi connectivity index (χ4n) is 2.92. The molecule has 0 fully saturated rings. The zero-order valence-corrected chi connectivity index (χ0v) is 15.2. The highest BCUT2D eigenvalue weighted by molar-refractivity contribution is 6.06. The summed E-state index contributed by atoms with van der Waals surface area (Å²) in [6.45, 7) is 4.15. The number of hydrogen-bond acceptors (Lipinski definition) is 5. The number of pyridine rings is 1. The molecule has 134 valence electrons.